The number of carbonyl (C=O) groups excluding carboxylic acids is 1. The van der Waals surface area contributed by atoms with E-state index >= 15 is 0 Å². The fourth-order valence-corrected chi connectivity index (χ4v) is 4.43. The zero-order valence-electron chi connectivity index (χ0n) is 13.8. The lowest BCUT2D eigenvalue weighted by atomic mass is 9.74. The molecular weight excluding hydrogens is 322 g/mol. The van der Waals surface area contributed by atoms with Crippen molar-refractivity contribution >= 4 is 17.6 Å². The molecule has 1 spiro atoms. The molecule has 6 nitrogen and oxygen atoms in total. The van der Waals surface area contributed by atoms with Crippen LogP contribution in [0, 0.1) is 11.8 Å². The molecule has 3 heterocycles. The van der Waals surface area contributed by atoms with Gasteiger partial charge >= 0.3 is 5.97 Å². The number of carboxylic acid groups (broad SMARTS) is 1. The van der Waals surface area contributed by atoms with Crippen molar-refractivity contribution in [1.82, 2.24) is 0 Å². The Hall–Kier alpha value is -2.60. The van der Waals surface area contributed by atoms with Crippen LogP contribution >= 0.6 is 0 Å². The Kier molecular flexibility index (Phi) is 3.47. The van der Waals surface area contributed by atoms with Gasteiger partial charge in [0.25, 0.3) is 0 Å². The van der Waals surface area contributed by atoms with Crippen LogP contribution in [0.3, 0.4) is 0 Å². The maximum Gasteiger partial charge on any atom is 0.310 e. The Labute approximate surface area is 145 Å². The Bertz CT molecular complexity index is 771. The number of fused-ring (bicyclic) bond motifs is 1. The molecule has 0 aliphatic carbocycles. The number of hydrogen-bond donors (Lipinski definition) is 1. The van der Waals surface area contributed by atoms with E-state index in [1.165, 1.54) is 0 Å². The number of hydrogen-bond acceptors (Lipinski definition) is 4. The van der Waals surface area contributed by atoms with Gasteiger partial charge in [-0.25, -0.2) is 0 Å². The first-order valence-electron chi connectivity index (χ1n) is 8.21. The topological polar surface area (TPSA) is 76.1 Å². The summed E-state index contributed by atoms with van der Waals surface area (Å²) in [5.74, 6) is -2.09. The molecule has 1 aromatic carbocycles. The molecule has 0 unspecified atom stereocenters. The SMILES string of the molecule is C=CC[C@@H]1N(c2ccc(OC)cc2)C(=O)[C@@H]2[C@H](C(=O)O)[C@@H]3C=C[C@]21O3. The minimum atomic E-state index is -0.997. The van der Waals surface area contributed by atoms with Crippen LogP contribution in [-0.4, -0.2) is 41.8 Å². The lowest BCUT2D eigenvalue weighted by Gasteiger charge is -2.32. The standard InChI is InChI=1S/C19H19NO5/c1-3-4-14-19-10-9-13(25-19)15(18(22)23)16(19)17(21)20(14)11-5-7-12(24-2)8-6-11/h3,5-10,13-16H,1,4H2,2H3,(H,22,23)/t13-,14-,15+,16-,19+/m0/s1. The number of ether oxygens (including phenoxy) is 2. The van der Waals surface area contributed by atoms with E-state index in [1.54, 1.807) is 48.4 Å². The van der Waals surface area contributed by atoms with Crippen molar-refractivity contribution in [2.45, 2.75) is 24.2 Å². The molecule has 5 atom stereocenters. The molecule has 2 fully saturated rings. The zero-order chi connectivity index (χ0) is 17.8. The predicted octanol–water partition coefficient (Wildman–Crippen LogP) is 2.01. The van der Waals surface area contributed by atoms with Gasteiger partial charge < -0.3 is 19.5 Å². The summed E-state index contributed by atoms with van der Waals surface area (Å²) in [6.45, 7) is 3.80. The molecule has 3 aliphatic rings. The van der Waals surface area contributed by atoms with Crippen molar-refractivity contribution in [3.8, 4) is 5.75 Å². The summed E-state index contributed by atoms with van der Waals surface area (Å²) in [5, 5.41) is 9.62. The minimum absolute atomic E-state index is 0.212. The Morgan fingerprint density at radius 1 is 1.44 bits per heavy atom. The molecule has 0 saturated carbocycles. The van der Waals surface area contributed by atoms with Gasteiger partial charge in [0.1, 0.15) is 17.3 Å². The van der Waals surface area contributed by atoms with Gasteiger partial charge in [-0.3, -0.25) is 9.59 Å². The molecule has 2 saturated heterocycles. The van der Waals surface area contributed by atoms with Crippen LogP contribution in [0.4, 0.5) is 5.69 Å². The average Bonchev–Trinajstić information content (AvgIpc) is 3.24. The third kappa shape index (κ3) is 2.00. The lowest BCUT2D eigenvalue weighted by molar-refractivity contribution is -0.146. The lowest BCUT2D eigenvalue weighted by Crippen LogP contribution is -2.45. The van der Waals surface area contributed by atoms with Crippen LogP contribution in [-0.2, 0) is 14.3 Å². The van der Waals surface area contributed by atoms with Gasteiger partial charge in [0.15, 0.2) is 0 Å². The monoisotopic (exact) mass is 341 g/mol. The van der Waals surface area contributed by atoms with Gasteiger partial charge in [0, 0.05) is 5.69 Å². The van der Waals surface area contributed by atoms with E-state index in [4.69, 9.17) is 9.47 Å². The second-order valence-corrected chi connectivity index (χ2v) is 6.58. The predicted molar refractivity (Wildman–Crippen MR) is 90.4 cm³/mol. The number of amides is 1. The highest BCUT2D eigenvalue weighted by atomic mass is 16.5. The number of nitrogens with zero attached hydrogens (tertiary/aromatic N) is 1. The summed E-state index contributed by atoms with van der Waals surface area (Å²) in [6, 6.07) is 6.85. The number of anilines is 1. The second kappa shape index (κ2) is 5.46. The number of benzene rings is 1. The van der Waals surface area contributed by atoms with Crippen molar-refractivity contribution in [3.63, 3.8) is 0 Å². The number of methoxy groups -OCH3 is 1. The van der Waals surface area contributed by atoms with Crippen LogP contribution < -0.4 is 9.64 Å². The Morgan fingerprint density at radius 3 is 2.76 bits per heavy atom. The smallest absolute Gasteiger partial charge is 0.310 e. The highest BCUT2D eigenvalue weighted by molar-refractivity contribution is 6.03. The molecular formula is C19H19NO5. The fraction of sp³-hybridized carbons (Fsp3) is 0.368. The van der Waals surface area contributed by atoms with Crippen LogP contribution in [0.1, 0.15) is 6.42 Å². The van der Waals surface area contributed by atoms with Crippen LogP contribution in [0.2, 0.25) is 0 Å². The van der Waals surface area contributed by atoms with E-state index in [0.29, 0.717) is 17.9 Å². The number of carbonyl (C=O) groups is 2. The number of aliphatic carboxylic acids is 1. The molecule has 4 rings (SSSR count). The van der Waals surface area contributed by atoms with Gasteiger partial charge in [-0.15, -0.1) is 6.58 Å². The zero-order valence-corrected chi connectivity index (χ0v) is 13.8. The largest absolute Gasteiger partial charge is 0.497 e. The average molecular weight is 341 g/mol. The summed E-state index contributed by atoms with van der Waals surface area (Å²) in [4.78, 5) is 26.6. The molecule has 3 aliphatic heterocycles. The van der Waals surface area contributed by atoms with E-state index in [1.807, 2.05) is 6.08 Å². The third-order valence-corrected chi connectivity index (χ3v) is 5.45. The molecule has 6 heteroatoms. The normalized spacial score (nSPS) is 35.1. The quantitative estimate of drug-likeness (QED) is 0.829. The van der Waals surface area contributed by atoms with Gasteiger partial charge in [0.05, 0.1) is 25.2 Å². The molecule has 25 heavy (non-hydrogen) atoms. The molecule has 2 bridgehead atoms. The van der Waals surface area contributed by atoms with Gasteiger partial charge in [-0.2, -0.15) is 0 Å². The van der Waals surface area contributed by atoms with Gasteiger partial charge in [0.2, 0.25) is 5.91 Å². The Morgan fingerprint density at radius 2 is 2.16 bits per heavy atom. The van der Waals surface area contributed by atoms with Gasteiger partial charge in [-0.1, -0.05) is 18.2 Å². The van der Waals surface area contributed by atoms with Gasteiger partial charge in [-0.05, 0) is 30.7 Å². The molecule has 0 aromatic heterocycles. The number of carboxylic acids is 1. The fourth-order valence-electron chi connectivity index (χ4n) is 4.43. The first kappa shape index (κ1) is 15.9. The van der Waals surface area contributed by atoms with Crippen molar-refractivity contribution in [2.75, 3.05) is 12.0 Å². The molecule has 1 N–H and O–H groups in total. The van der Waals surface area contributed by atoms with E-state index in [2.05, 4.69) is 6.58 Å². The van der Waals surface area contributed by atoms with Crippen molar-refractivity contribution in [2.24, 2.45) is 11.8 Å². The molecule has 0 radical (unpaired) electrons. The highest BCUT2D eigenvalue weighted by Gasteiger charge is 2.71. The van der Waals surface area contributed by atoms with Crippen molar-refractivity contribution < 1.29 is 24.2 Å². The summed E-state index contributed by atoms with van der Waals surface area (Å²) in [6.07, 6.45) is 5.35. The van der Waals surface area contributed by atoms with E-state index in [9.17, 15) is 14.7 Å². The summed E-state index contributed by atoms with van der Waals surface area (Å²) >= 11 is 0. The third-order valence-electron chi connectivity index (χ3n) is 5.45. The van der Waals surface area contributed by atoms with E-state index < -0.39 is 29.5 Å². The van der Waals surface area contributed by atoms with Crippen LogP contribution in [0.15, 0.2) is 49.1 Å². The first-order chi connectivity index (χ1) is 12.0. The van der Waals surface area contributed by atoms with E-state index in [-0.39, 0.29) is 11.9 Å². The minimum Gasteiger partial charge on any atom is -0.497 e. The summed E-state index contributed by atoms with van der Waals surface area (Å²) < 4.78 is 11.2. The second-order valence-electron chi connectivity index (χ2n) is 6.58. The molecule has 1 aromatic rings. The molecule has 1 amide bonds. The van der Waals surface area contributed by atoms with Crippen LogP contribution in [0.25, 0.3) is 0 Å². The Balaban J connectivity index is 1.80. The van der Waals surface area contributed by atoms with Crippen LogP contribution in [0.5, 0.6) is 5.75 Å². The maximum absolute atomic E-state index is 13.2. The number of rotatable bonds is 5. The van der Waals surface area contributed by atoms with Crippen molar-refractivity contribution in [3.05, 3.63) is 49.1 Å². The molecule has 130 valence electrons. The highest BCUT2D eigenvalue weighted by Crippen LogP contribution is 2.56. The summed E-state index contributed by atoms with van der Waals surface area (Å²) in [7, 11) is 1.58. The van der Waals surface area contributed by atoms with E-state index in [0.717, 1.165) is 0 Å². The first-order valence-corrected chi connectivity index (χ1v) is 8.21. The van der Waals surface area contributed by atoms with Crippen molar-refractivity contribution in [1.29, 1.82) is 0 Å². The summed E-state index contributed by atoms with van der Waals surface area (Å²) in [5.41, 5.74) is -0.204. The maximum atomic E-state index is 13.2.